The molecule has 5 nitrogen and oxygen atoms in total. The lowest BCUT2D eigenvalue weighted by Crippen LogP contribution is -2.40. The van der Waals surface area contributed by atoms with E-state index in [0.717, 1.165) is 57.4 Å². The van der Waals surface area contributed by atoms with Gasteiger partial charge in [-0.15, -0.1) is 0 Å². The summed E-state index contributed by atoms with van der Waals surface area (Å²) in [7, 11) is 2.00. The molecule has 5 heteroatoms. The van der Waals surface area contributed by atoms with E-state index >= 15 is 0 Å². The first-order valence-corrected chi connectivity index (χ1v) is 9.79. The van der Waals surface area contributed by atoms with Crippen LogP contribution in [0, 0.1) is 12.8 Å². The molecule has 1 aliphatic heterocycles. The van der Waals surface area contributed by atoms with Crippen LogP contribution in [0.1, 0.15) is 46.6 Å². The smallest absolute Gasteiger partial charge is 0.274 e. The van der Waals surface area contributed by atoms with Gasteiger partial charge in [0.25, 0.3) is 5.91 Å². The van der Waals surface area contributed by atoms with Crippen molar-refractivity contribution in [2.45, 2.75) is 39.0 Å². The zero-order chi connectivity index (χ0) is 18.1. The van der Waals surface area contributed by atoms with E-state index in [-0.39, 0.29) is 5.91 Å². The number of piperidine rings is 1. The summed E-state index contributed by atoms with van der Waals surface area (Å²) in [5.41, 5.74) is 5.37. The Kier molecular flexibility index (Phi) is 4.81. The van der Waals surface area contributed by atoms with Crippen molar-refractivity contribution in [2.24, 2.45) is 5.92 Å². The maximum atomic E-state index is 13.2. The lowest BCUT2D eigenvalue weighted by atomic mass is 9.96. The molecule has 4 rings (SSSR count). The summed E-state index contributed by atoms with van der Waals surface area (Å²) in [4.78, 5) is 15.2. The van der Waals surface area contributed by atoms with E-state index in [1.165, 1.54) is 16.8 Å². The highest BCUT2D eigenvalue weighted by Crippen LogP contribution is 2.29. The molecule has 138 valence electrons. The van der Waals surface area contributed by atoms with Crippen LogP contribution in [-0.4, -0.2) is 47.3 Å². The minimum atomic E-state index is 0.122. The highest BCUT2D eigenvalue weighted by Gasteiger charge is 2.31. The summed E-state index contributed by atoms with van der Waals surface area (Å²) in [6.45, 7) is 4.82. The molecule has 0 unspecified atom stereocenters. The number of nitrogens with zero attached hydrogens (tertiary/aromatic N) is 3. The van der Waals surface area contributed by atoms with Gasteiger partial charge in [0.05, 0.1) is 5.69 Å². The number of fused-ring (bicyclic) bond motifs is 1. The summed E-state index contributed by atoms with van der Waals surface area (Å²) in [5.74, 6) is 0.803. The normalized spacial score (nSPS) is 17.5. The van der Waals surface area contributed by atoms with Gasteiger partial charge in [-0.1, -0.05) is 17.7 Å². The Labute approximate surface area is 155 Å². The van der Waals surface area contributed by atoms with E-state index in [2.05, 4.69) is 36.5 Å². The second kappa shape index (κ2) is 7.23. The number of rotatable bonds is 4. The summed E-state index contributed by atoms with van der Waals surface area (Å²) in [6.07, 6.45) is 5.25. The minimum absolute atomic E-state index is 0.122. The van der Waals surface area contributed by atoms with Crippen molar-refractivity contribution in [2.75, 3.05) is 26.7 Å². The van der Waals surface area contributed by atoms with E-state index in [1.807, 2.05) is 16.6 Å². The van der Waals surface area contributed by atoms with Crippen molar-refractivity contribution >= 4 is 5.91 Å². The molecule has 0 saturated carbocycles. The third-order valence-electron chi connectivity index (χ3n) is 5.81. The van der Waals surface area contributed by atoms with Crippen LogP contribution in [0.2, 0.25) is 0 Å². The average Bonchev–Trinajstić information content (AvgIpc) is 3.26. The quantitative estimate of drug-likeness (QED) is 0.920. The maximum absolute atomic E-state index is 13.2. The van der Waals surface area contributed by atoms with Crippen LogP contribution in [0.4, 0.5) is 0 Å². The molecule has 0 radical (unpaired) electrons. The van der Waals surface area contributed by atoms with E-state index < -0.39 is 0 Å². The number of hydrogen-bond donors (Lipinski definition) is 1. The lowest BCUT2D eigenvalue weighted by molar-refractivity contribution is 0.0683. The fourth-order valence-electron chi connectivity index (χ4n) is 4.29. The summed E-state index contributed by atoms with van der Waals surface area (Å²) in [6, 6.07) is 8.40. The Hall–Kier alpha value is -2.14. The SMILES string of the molecule is CNCC1CCN(C(=O)c2nn(-c3ccc(C)cc3)c3c2CCC3)CC1. The number of amides is 1. The Bertz CT molecular complexity index is 785. The predicted octanol–water partition coefficient (Wildman–Crippen LogP) is 2.74. The highest BCUT2D eigenvalue weighted by atomic mass is 16.2. The first-order chi connectivity index (χ1) is 12.7. The fraction of sp³-hybridized carbons (Fsp3) is 0.524. The fourth-order valence-corrected chi connectivity index (χ4v) is 4.29. The standard InChI is InChI=1S/C21H28N4O/c1-15-6-8-17(9-7-15)25-19-5-3-4-18(19)20(23-25)21(26)24-12-10-16(11-13-24)14-22-2/h6-9,16,22H,3-5,10-14H2,1-2H3. The van der Waals surface area contributed by atoms with Gasteiger partial charge >= 0.3 is 0 Å². The van der Waals surface area contributed by atoms with Gasteiger partial charge in [-0.3, -0.25) is 4.79 Å². The molecular weight excluding hydrogens is 324 g/mol. The Balaban J connectivity index is 1.58. The van der Waals surface area contributed by atoms with Crippen molar-refractivity contribution in [1.29, 1.82) is 0 Å². The second-order valence-corrected chi connectivity index (χ2v) is 7.67. The molecule has 2 aliphatic rings. The molecule has 26 heavy (non-hydrogen) atoms. The second-order valence-electron chi connectivity index (χ2n) is 7.67. The van der Waals surface area contributed by atoms with Crippen molar-refractivity contribution in [3.05, 3.63) is 46.8 Å². The van der Waals surface area contributed by atoms with Crippen molar-refractivity contribution in [3.8, 4) is 5.69 Å². The number of benzene rings is 1. The number of aromatic nitrogens is 2. The zero-order valence-corrected chi connectivity index (χ0v) is 15.8. The van der Waals surface area contributed by atoms with Crippen LogP contribution < -0.4 is 5.32 Å². The first-order valence-electron chi connectivity index (χ1n) is 9.79. The van der Waals surface area contributed by atoms with Crippen LogP contribution >= 0.6 is 0 Å². The molecule has 1 aromatic heterocycles. The molecule has 0 spiro atoms. The Morgan fingerprint density at radius 1 is 1.19 bits per heavy atom. The molecule has 0 atom stereocenters. The zero-order valence-electron chi connectivity index (χ0n) is 15.8. The van der Waals surface area contributed by atoms with E-state index in [0.29, 0.717) is 11.6 Å². The van der Waals surface area contributed by atoms with E-state index in [1.54, 1.807) is 0 Å². The van der Waals surface area contributed by atoms with Gasteiger partial charge in [0.1, 0.15) is 0 Å². The van der Waals surface area contributed by atoms with Gasteiger partial charge in [-0.2, -0.15) is 5.10 Å². The number of carbonyl (C=O) groups is 1. The van der Waals surface area contributed by atoms with Crippen molar-refractivity contribution in [1.82, 2.24) is 20.0 Å². The number of carbonyl (C=O) groups excluding carboxylic acids is 1. The summed E-state index contributed by atoms with van der Waals surface area (Å²) < 4.78 is 2.00. The number of hydrogen-bond acceptors (Lipinski definition) is 3. The molecule has 2 heterocycles. The van der Waals surface area contributed by atoms with Gasteiger partial charge < -0.3 is 10.2 Å². The summed E-state index contributed by atoms with van der Waals surface area (Å²) in [5, 5.41) is 8.03. The van der Waals surface area contributed by atoms with Gasteiger partial charge in [0.15, 0.2) is 5.69 Å². The number of aryl methyl sites for hydroxylation is 1. The molecule has 1 amide bonds. The molecule has 1 aromatic carbocycles. The van der Waals surface area contributed by atoms with Gasteiger partial charge in [-0.05, 0) is 70.7 Å². The highest BCUT2D eigenvalue weighted by molar-refractivity contribution is 5.94. The molecule has 1 saturated heterocycles. The van der Waals surface area contributed by atoms with Gasteiger partial charge in [0, 0.05) is 24.3 Å². The Morgan fingerprint density at radius 3 is 2.62 bits per heavy atom. The lowest BCUT2D eigenvalue weighted by Gasteiger charge is -2.31. The Morgan fingerprint density at radius 2 is 1.92 bits per heavy atom. The largest absolute Gasteiger partial charge is 0.337 e. The molecule has 2 aromatic rings. The topological polar surface area (TPSA) is 50.2 Å². The van der Waals surface area contributed by atoms with Crippen molar-refractivity contribution in [3.63, 3.8) is 0 Å². The molecule has 0 bridgehead atoms. The van der Waals surface area contributed by atoms with Crippen LogP contribution in [0.3, 0.4) is 0 Å². The van der Waals surface area contributed by atoms with Gasteiger partial charge in [-0.25, -0.2) is 4.68 Å². The third-order valence-corrected chi connectivity index (χ3v) is 5.81. The monoisotopic (exact) mass is 352 g/mol. The maximum Gasteiger partial charge on any atom is 0.274 e. The van der Waals surface area contributed by atoms with Gasteiger partial charge in [0.2, 0.25) is 0 Å². The van der Waals surface area contributed by atoms with Crippen LogP contribution in [0.15, 0.2) is 24.3 Å². The molecule has 1 fully saturated rings. The third kappa shape index (κ3) is 3.16. The van der Waals surface area contributed by atoms with E-state index in [4.69, 9.17) is 5.10 Å². The molecule has 1 N–H and O–H groups in total. The average molecular weight is 352 g/mol. The molecular formula is C21H28N4O. The predicted molar refractivity (Wildman–Crippen MR) is 103 cm³/mol. The number of likely N-dealkylation sites (tertiary alicyclic amines) is 1. The van der Waals surface area contributed by atoms with Crippen LogP contribution in [0.5, 0.6) is 0 Å². The molecule has 1 aliphatic carbocycles. The first kappa shape index (κ1) is 17.3. The minimum Gasteiger partial charge on any atom is -0.337 e. The van der Waals surface area contributed by atoms with E-state index in [9.17, 15) is 4.79 Å². The number of nitrogens with one attached hydrogen (secondary N) is 1. The summed E-state index contributed by atoms with van der Waals surface area (Å²) >= 11 is 0. The van der Waals surface area contributed by atoms with Crippen LogP contribution in [-0.2, 0) is 12.8 Å². The van der Waals surface area contributed by atoms with Crippen LogP contribution in [0.25, 0.3) is 5.69 Å². The van der Waals surface area contributed by atoms with Crippen molar-refractivity contribution < 1.29 is 4.79 Å².